The van der Waals surface area contributed by atoms with Crippen LogP contribution in [0.25, 0.3) is 0 Å². The van der Waals surface area contributed by atoms with E-state index in [1.54, 1.807) is 30.3 Å². The zero-order chi connectivity index (χ0) is 23.0. The number of ether oxygens (including phenoxy) is 2. The fourth-order valence-corrected chi connectivity index (χ4v) is 3.91. The van der Waals surface area contributed by atoms with Crippen LogP contribution in [0.4, 0.5) is 10.1 Å². The molecule has 0 radical (unpaired) electrons. The molecule has 32 heavy (non-hydrogen) atoms. The van der Waals surface area contributed by atoms with Crippen molar-refractivity contribution in [2.45, 2.75) is 17.7 Å². The highest BCUT2D eigenvalue weighted by Gasteiger charge is 2.14. The van der Waals surface area contributed by atoms with Gasteiger partial charge in [0.1, 0.15) is 30.5 Å². The molecule has 7 nitrogen and oxygen atoms in total. The summed E-state index contributed by atoms with van der Waals surface area (Å²) in [5.41, 5.74) is 1.15. The summed E-state index contributed by atoms with van der Waals surface area (Å²) in [6.45, 7) is 0.497. The molecule has 0 heterocycles. The van der Waals surface area contributed by atoms with E-state index in [0.717, 1.165) is 17.7 Å². The first kappa shape index (κ1) is 23.1. The number of carboxylic acids is 1. The Morgan fingerprint density at radius 1 is 0.906 bits per heavy atom. The minimum Gasteiger partial charge on any atom is -0.490 e. The molecule has 0 saturated heterocycles. The summed E-state index contributed by atoms with van der Waals surface area (Å²) in [6.07, 6.45) is 0.399. The van der Waals surface area contributed by atoms with Crippen molar-refractivity contribution in [1.82, 2.24) is 0 Å². The molecular weight excluding hydrogens is 437 g/mol. The highest BCUT2D eigenvalue weighted by Crippen LogP contribution is 2.21. The molecule has 3 rings (SSSR count). The van der Waals surface area contributed by atoms with Crippen molar-refractivity contribution < 1.29 is 32.2 Å². The highest BCUT2D eigenvalue weighted by molar-refractivity contribution is 7.92. The Labute approximate surface area is 185 Å². The molecule has 0 spiro atoms. The molecule has 0 atom stereocenters. The number of hydrogen-bond donors (Lipinski definition) is 2. The van der Waals surface area contributed by atoms with Crippen LogP contribution in [0.2, 0.25) is 0 Å². The van der Waals surface area contributed by atoms with Crippen molar-refractivity contribution in [2.24, 2.45) is 0 Å². The zero-order valence-electron chi connectivity index (χ0n) is 17.0. The first-order valence-corrected chi connectivity index (χ1v) is 11.3. The van der Waals surface area contributed by atoms with E-state index in [1.165, 1.54) is 12.1 Å². The van der Waals surface area contributed by atoms with Gasteiger partial charge in [-0.1, -0.05) is 18.2 Å². The van der Waals surface area contributed by atoms with Crippen LogP contribution in [-0.2, 0) is 21.2 Å². The van der Waals surface area contributed by atoms with Crippen molar-refractivity contribution in [2.75, 3.05) is 17.9 Å². The van der Waals surface area contributed by atoms with E-state index in [4.69, 9.17) is 14.6 Å². The Balaban J connectivity index is 1.49. The van der Waals surface area contributed by atoms with E-state index < -0.39 is 21.8 Å². The van der Waals surface area contributed by atoms with Gasteiger partial charge in [-0.25, -0.2) is 12.8 Å². The number of nitrogens with one attached hydrogen (secondary N) is 1. The molecule has 0 aliphatic carbocycles. The molecule has 0 aromatic heterocycles. The van der Waals surface area contributed by atoms with Gasteiger partial charge in [-0.15, -0.1) is 0 Å². The highest BCUT2D eigenvalue weighted by atomic mass is 32.2. The third-order valence-electron chi connectivity index (χ3n) is 4.42. The number of halogens is 1. The third-order valence-corrected chi connectivity index (χ3v) is 5.82. The first-order valence-electron chi connectivity index (χ1n) is 9.77. The second-order valence-corrected chi connectivity index (χ2v) is 8.46. The lowest BCUT2D eigenvalue weighted by Gasteiger charge is -2.12. The molecular formula is C23H22FNO6S. The van der Waals surface area contributed by atoms with E-state index in [9.17, 15) is 17.6 Å². The predicted molar refractivity (Wildman–Crippen MR) is 117 cm³/mol. The van der Waals surface area contributed by atoms with Crippen molar-refractivity contribution in [1.29, 1.82) is 0 Å². The molecule has 0 fully saturated rings. The maximum atomic E-state index is 13.0. The number of carbonyl (C=O) groups is 1. The molecule has 0 aliphatic heterocycles. The van der Waals surface area contributed by atoms with Gasteiger partial charge in [0.25, 0.3) is 10.0 Å². The van der Waals surface area contributed by atoms with Crippen LogP contribution in [0.1, 0.15) is 12.0 Å². The quantitative estimate of drug-likeness (QED) is 0.419. The number of hydrogen-bond acceptors (Lipinski definition) is 5. The van der Waals surface area contributed by atoms with Gasteiger partial charge in [-0.3, -0.25) is 9.52 Å². The molecule has 2 N–H and O–H groups in total. The molecule has 3 aromatic carbocycles. The third kappa shape index (κ3) is 6.71. The topological polar surface area (TPSA) is 102 Å². The number of carboxylic acid groups (broad SMARTS) is 1. The Kier molecular flexibility index (Phi) is 7.67. The molecule has 9 heteroatoms. The first-order chi connectivity index (χ1) is 15.3. The summed E-state index contributed by atoms with van der Waals surface area (Å²) >= 11 is 0. The van der Waals surface area contributed by atoms with E-state index >= 15 is 0 Å². The zero-order valence-corrected chi connectivity index (χ0v) is 17.8. The van der Waals surface area contributed by atoms with Crippen LogP contribution in [-0.4, -0.2) is 32.7 Å². The lowest BCUT2D eigenvalue weighted by Crippen LogP contribution is -2.13. The van der Waals surface area contributed by atoms with E-state index in [-0.39, 0.29) is 24.5 Å². The summed E-state index contributed by atoms with van der Waals surface area (Å²) in [5, 5.41) is 8.84. The van der Waals surface area contributed by atoms with Crippen molar-refractivity contribution >= 4 is 21.7 Å². The predicted octanol–water partition coefficient (Wildman–Crippen LogP) is 4.10. The largest absolute Gasteiger partial charge is 0.490 e. The Morgan fingerprint density at radius 2 is 1.56 bits per heavy atom. The number of anilines is 1. The van der Waals surface area contributed by atoms with Crippen LogP contribution in [0.3, 0.4) is 0 Å². The smallest absolute Gasteiger partial charge is 0.303 e. The van der Waals surface area contributed by atoms with Crippen LogP contribution < -0.4 is 14.2 Å². The summed E-state index contributed by atoms with van der Waals surface area (Å²) < 4.78 is 51.4. The Morgan fingerprint density at radius 3 is 2.25 bits per heavy atom. The van der Waals surface area contributed by atoms with Gasteiger partial charge in [0.05, 0.1) is 4.90 Å². The van der Waals surface area contributed by atoms with Gasteiger partial charge < -0.3 is 14.6 Å². The molecule has 3 aromatic rings. The summed E-state index contributed by atoms with van der Waals surface area (Å²) in [4.78, 5) is 10.7. The minimum atomic E-state index is -3.82. The normalized spacial score (nSPS) is 11.0. The molecule has 0 aliphatic rings. The average Bonchev–Trinajstić information content (AvgIpc) is 2.77. The van der Waals surface area contributed by atoms with Crippen molar-refractivity contribution in [3.05, 3.63) is 84.2 Å². The van der Waals surface area contributed by atoms with Gasteiger partial charge in [-0.2, -0.15) is 0 Å². The number of rotatable bonds is 11. The second kappa shape index (κ2) is 10.6. The van der Waals surface area contributed by atoms with Gasteiger partial charge >= 0.3 is 5.97 Å². The molecule has 0 unspecified atom stereocenters. The monoisotopic (exact) mass is 459 g/mol. The summed E-state index contributed by atoms with van der Waals surface area (Å²) in [7, 11) is -3.82. The van der Waals surface area contributed by atoms with E-state index in [2.05, 4.69) is 4.72 Å². The molecule has 0 saturated carbocycles. The molecule has 0 bridgehead atoms. The SMILES string of the molecule is O=C(O)CCc1ccccc1OCCOc1ccc(NS(=O)(=O)c2ccc(F)cc2)cc1. The number of sulfonamides is 1. The second-order valence-electron chi connectivity index (χ2n) is 6.78. The van der Waals surface area contributed by atoms with Crippen LogP contribution in [0.15, 0.2) is 77.7 Å². The van der Waals surface area contributed by atoms with Gasteiger partial charge in [0.2, 0.25) is 0 Å². The van der Waals surface area contributed by atoms with Crippen LogP contribution >= 0.6 is 0 Å². The molecule has 0 amide bonds. The van der Waals surface area contributed by atoms with Crippen molar-refractivity contribution in [3.63, 3.8) is 0 Å². The maximum Gasteiger partial charge on any atom is 0.303 e. The fourth-order valence-electron chi connectivity index (χ4n) is 2.85. The average molecular weight is 459 g/mol. The lowest BCUT2D eigenvalue weighted by molar-refractivity contribution is -0.136. The maximum absolute atomic E-state index is 13.0. The van der Waals surface area contributed by atoms with Crippen LogP contribution in [0.5, 0.6) is 11.5 Å². The lowest BCUT2D eigenvalue weighted by atomic mass is 10.1. The summed E-state index contributed by atoms with van der Waals surface area (Å²) in [5.74, 6) is -0.245. The summed E-state index contributed by atoms with van der Waals surface area (Å²) in [6, 6.07) is 18.1. The van der Waals surface area contributed by atoms with E-state index in [1.807, 2.05) is 18.2 Å². The van der Waals surface area contributed by atoms with E-state index in [0.29, 0.717) is 23.6 Å². The number of aliphatic carboxylic acids is 1. The fraction of sp³-hybridized carbons (Fsp3) is 0.174. The Bertz CT molecular complexity index is 1150. The minimum absolute atomic E-state index is 0.0220. The number of para-hydroxylation sites is 1. The van der Waals surface area contributed by atoms with Gasteiger partial charge in [0, 0.05) is 12.1 Å². The van der Waals surface area contributed by atoms with Gasteiger partial charge in [0.15, 0.2) is 0 Å². The number of aryl methyl sites for hydroxylation is 1. The number of benzene rings is 3. The van der Waals surface area contributed by atoms with Crippen LogP contribution in [0, 0.1) is 5.82 Å². The van der Waals surface area contributed by atoms with Crippen molar-refractivity contribution in [3.8, 4) is 11.5 Å². The standard InChI is InChI=1S/C23H22FNO6S/c24-18-6-12-21(13-7-18)32(28,29)25-19-8-10-20(11-9-19)30-15-16-31-22-4-2-1-3-17(22)5-14-23(26)27/h1-4,6-13,25H,5,14-16H2,(H,26,27). The molecule has 168 valence electrons. The Hall–Kier alpha value is -3.59. The van der Waals surface area contributed by atoms with Gasteiger partial charge in [-0.05, 0) is 66.6 Å².